The molecule has 1 amide bonds. The summed E-state index contributed by atoms with van der Waals surface area (Å²) < 4.78 is 5.06. The minimum atomic E-state index is -0.602. The topological polar surface area (TPSA) is 72.4 Å². The molecular weight excluding hydrogens is 346 g/mol. The summed E-state index contributed by atoms with van der Waals surface area (Å²) in [5.41, 5.74) is 0.127. The molecule has 6 nitrogen and oxygen atoms in total. The molecule has 0 spiro atoms. The highest BCUT2D eigenvalue weighted by molar-refractivity contribution is 7.99. The molecule has 1 fully saturated rings. The third kappa shape index (κ3) is 3.85. The Bertz CT molecular complexity index is 573. The van der Waals surface area contributed by atoms with Gasteiger partial charge < -0.3 is 9.64 Å². The zero-order chi connectivity index (χ0) is 16.1. The zero-order valence-corrected chi connectivity index (χ0v) is 14.6. The van der Waals surface area contributed by atoms with Gasteiger partial charge in [0.05, 0.1) is 17.8 Å². The lowest BCUT2D eigenvalue weighted by molar-refractivity contribution is -0.147. The van der Waals surface area contributed by atoms with E-state index in [4.69, 9.17) is 16.3 Å². The van der Waals surface area contributed by atoms with Gasteiger partial charge in [-0.25, -0.2) is 14.8 Å². The van der Waals surface area contributed by atoms with E-state index in [2.05, 4.69) is 9.97 Å². The summed E-state index contributed by atoms with van der Waals surface area (Å²) in [6.07, 6.45) is 3.22. The van der Waals surface area contributed by atoms with Gasteiger partial charge in [0, 0.05) is 18.1 Å². The van der Waals surface area contributed by atoms with E-state index in [0.29, 0.717) is 17.5 Å². The number of thioether (sulfide) groups is 2. The average molecular weight is 362 g/mol. The summed E-state index contributed by atoms with van der Waals surface area (Å²) in [5, 5.41) is 0.649. The van der Waals surface area contributed by atoms with E-state index in [1.807, 2.05) is 6.26 Å². The number of carbonyl (C=O) groups excluding carboxylic acids is 2. The summed E-state index contributed by atoms with van der Waals surface area (Å²) in [6.45, 7) is 2.49. The number of hydrogen-bond donors (Lipinski definition) is 0. The van der Waals surface area contributed by atoms with Crippen molar-refractivity contribution in [2.45, 2.75) is 18.1 Å². The number of aromatic nitrogens is 2. The fraction of sp³-hybridized carbons (Fsp3) is 0.538. The average Bonchev–Trinajstić information content (AvgIpc) is 2.55. The second-order valence-electron chi connectivity index (χ2n) is 4.39. The van der Waals surface area contributed by atoms with Crippen molar-refractivity contribution in [3.63, 3.8) is 0 Å². The van der Waals surface area contributed by atoms with Crippen LogP contribution in [0.2, 0.25) is 5.02 Å². The van der Waals surface area contributed by atoms with E-state index in [1.54, 1.807) is 18.7 Å². The lowest BCUT2D eigenvalue weighted by Gasteiger charge is -2.33. The van der Waals surface area contributed by atoms with Crippen LogP contribution in [0.15, 0.2) is 11.4 Å². The van der Waals surface area contributed by atoms with Gasteiger partial charge in [0.25, 0.3) is 5.91 Å². The van der Waals surface area contributed by atoms with E-state index in [1.165, 1.54) is 22.9 Å². The van der Waals surface area contributed by atoms with Crippen molar-refractivity contribution >= 4 is 47.0 Å². The molecule has 1 aliphatic rings. The fourth-order valence-corrected chi connectivity index (χ4v) is 3.56. The van der Waals surface area contributed by atoms with Crippen LogP contribution in [0, 0.1) is 0 Å². The van der Waals surface area contributed by atoms with Crippen LogP contribution in [0.1, 0.15) is 17.4 Å². The Labute approximate surface area is 142 Å². The normalized spacial score (nSPS) is 18.1. The van der Waals surface area contributed by atoms with Crippen molar-refractivity contribution in [2.24, 2.45) is 0 Å². The Morgan fingerprint density at radius 1 is 1.59 bits per heavy atom. The summed E-state index contributed by atoms with van der Waals surface area (Å²) in [6, 6.07) is -0.602. The van der Waals surface area contributed by atoms with Gasteiger partial charge >= 0.3 is 5.97 Å². The van der Waals surface area contributed by atoms with E-state index >= 15 is 0 Å². The van der Waals surface area contributed by atoms with Crippen LogP contribution >= 0.6 is 35.1 Å². The molecule has 2 rings (SSSR count). The molecule has 0 bridgehead atoms. The minimum Gasteiger partial charge on any atom is -0.464 e. The molecule has 1 atom stereocenters. The molecule has 2 heterocycles. The highest BCUT2D eigenvalue weighted by atomic mass is 35.5. The standard InChI is InChI=1S/C13H16ClN3O3S2/c1-3-20-12(19)9-7-22-5-4-17(9)11(18)10-8(14)6-15-13(16-10)21-2/h6,9H,3-5,7H2,1-2H3/t9-/m1/s1. The van der Waals surface area contributed by atoms with Crippen molar-refractivity contribution in [3.8, 4) is 0 Å². The third-order valence-corrected chi connectivity index (χ3v) is 4.92. The molecule has 0 unspecified atom stereocenters. The highest BCUT2D eigenvalue weighted by Crippen LogP contribution is 2.23. The number of nitrogens with zero attached hydrogens (tertiary/aromatic N) is 3. The molecule has 1 saturated heterocycles. The minimum absolute atomic E-state index is 0.127. The van der Waals surface area contributed by atoms with Crippen molar-refractivity contribution in [3.05, 3.63) is 16.9 Å². The van der Waals surface area contributed by atoms with Gasteiger partial charge in [-0.15, -0.1) is 0 Å². The number of esters is 1. The predicted molar refractivity (Wildman–Crippen MR) is 87.6 cm³/mol. The molecule has 1 aromatic heterocycles. The van der Waals surface area contributed by atoms with Crippen molar-refractivity contribution < 1.29 is 14.3 Å². The van der Waals surface area contributed by atoms with Crippen LogP contribution in [-0.2, 0) is 9.53 Å². The molecule has 0 saturated carbocycles. The lowest BCUT2D eigenvalue weighted by atomic mass is 10.2. The van der Waals surface area contributed by atoms with E-state index in [-0.39, 0.29) is 23.2 Å². The Morgan fingerprint density at radius 3 is 3.05 bits per heavy atom. The molecule has 0 aromatic carbocycles. The molecule has 120 valence electrons. The van der Waals surface area contributed by atoms with Gasteiger partial charge in [0.15, 0.2) is 10.9 Å². The van der Waals surface area contributed by atoms with E-state index in [0.717, 1.165) is 5.75 Å². The van der Waals surface area contributed by atoms with E-state index in [9.17, 15) is 9.59 Å². The Balaban J connectivity index is 2.27. The first-order valence-corrected chi connectivity index (χ1v) is 9.46. The number of halogens is 1. The van der Waals surface area contributed by atoms with Crippen molar-refractivity contribution in [2.75, 3.05) is 30.9 Å². The number of rotatable bonds is 4. The van der Waals surface area contributed by atoms with Crippen molar-refractivity contribution in [1.29, 1.82) is 0 Å². The molecule has 9 heteroatoms. The molecule has 22 heavy (non-hydrogen) atoms. The largest absolute Gasteiger partial charge is 0.464 e. The molecule has 0 radical (unpaired) electrons. The SMILES string of the molecule is CCOC(=O)[C@H]1CSCCN1C(=O)c1nc(SC)ncc1Cl. The maximum atomic E-state index is 12.7. The molecule has 0 N–H and O–H groups in total. The van der Waals surface area contributed by atoms with Crippen LogP contribution < -0.4 is 0 Å². The monoisotopic (exact) mass is 361 g/mol. The molecular formula is C13H16ClN3O3S2. The first kappa shape index (κ1) is 17.4. The van der Waals surface area contributed by atoms with Gasteiger partial charge in [-0.1, -0.05) is 23.4 Å². The van der Waals surface area contributed by atoms with Crippen LogP contribution in [0.3, 0.4) is 0 Å². The number of amides is 1. The van der Waals surface area contributed by atoms with Crippen LogP contribution in [0.4, 0.5) is 0 Å². The molecule has 1 aromatic rings. The first-order valence-electron chi connectivity index (χ1n) is 6.70. The zero-order valence-electron chi connectivity index (χ0n) is 12.2. The van der Waals surface area contributed by atoms with Crippen LogP contribution in [0.5, 0.6) is 0 Å². The van der Waals surface area contributed by atoms with Crippen LogP contribution in [0.25, 0.3) is 0 Å². The predicted octanol–water partition coefficient (Wildman–Crippen LogP) is 1.97. The number of hydrogen-bond acceptors (Lipinski definition) is 7. The van der Waals surface area contributed by atoms with Gasteiger partial charge in [-0.2, -0.15) is 11.8 Å². The lowest BCUT2D eigenvalue weighted by Crippen LogP contribution is -2.51. The fourth-order valence-electron chi connectivity index (χ4n) is 2.02. The van der Waals surface area contributed by atoms with Gasteiger partial charge in [-0.3, -0.25) is 4.79 Å². The second kappa shape index (κ2) is 8.03. The Morgan fingerprint density at radius 2 is 2.36 bits per heavy atom. The first-order chi connectivity index (χ1) is 10.6. The molecule has 1 aliphatic heterocycles. The van der Waals surface area contributed by atoms with E-state index < -0.39 is 12.0 Å². The number of carbonyl (C=O) groups is 2. The van der Waals surface area contributed by atoms with Crippen molar-refractivity contribution in [1.82, 2.24) is 14.9 Å². The summed E-state index contributed by atoms with van der Waals surface area (Å²) >= 11 is 9.00. The van der Waals surface area contributed by atoms with Gasteiger partial charge in [0.1, 0.15) is 6.04 Å². The quantitative estimate of drug-likeness (QED) is 0.461. The van der Waals surface area contributed by atoms with Gasteiger partial charge in [0.2, 0.25) is 0 Å². The summed E-state index contributed by atoms with van der Waals surface area (Å²) in [7, 11) is 0. The maximum Gasteiger partial charge on any atom is 0.329 e. The van der Waals surface area contributed by atoms with Gasteiger partial charge in [-0.05, 0) is 13.2 Å². The Hall–Kier alpha value is -0.990. The molecule has 0 aliphatic carbocycles. The second-order valence-corrected chi connectivity index (χ2v) is 6.72. The summed E-state index contributed by atoms with van der Waals surface area (Å²) in [4.78, 5) is 34.5. The Kier molecular flexibility index (Phi) is 6.34. The van der Waals surface area contributed by atoms with Crippen LogP contribution in [-0.4, -0.2) is 63.7 Å². The summed E-state index contributed by atoms with van der Waals surface area (Å²) in [5.74, 6) is 0.530. The third-order valence-electron chi connectivity index (χ3n) is 3.06. The number of ether oxygens (including phenoxy) is 1. The smallest absolute Gasteiger partial charge is 0.329 e. The highest BCUT2D eigenvalue weighted by Gasteiger charge is 2.35. The maximum absolute atomic E-state index is 12.7.